The van der Waals surface area contributed by atoms with Crippen molar-refractivity contribution in [1.82, 2.24) is 24.7 Å². The van der Waals surface area contributed by atoms with E-state index in [9.17, 15) is 0 Å². The average molecular weight is 241 g/mol. The van der Waals surface area contributed by atoms with Gasteiger partial charge in [0.25, 0.3) is 0 Å². The molecule has 2 N–H and O–H groups in total. The number of aliphatic imine (C=N–C) groups is 1. The van der Waals surface area contributed by atoms with Crippen LogP contribution < -0.4 is 5.32 Å². The number of hydrogen-bond acceptors (Lipinski definition) is 5. The van der Waals surface area contributed by atoms with E-state index in [1.807, 2.05) is 19.3 Å². The maximum atomic E-state index is 4.35. The zero-order chi connectivity index (χ0) is 12.5. The van der Waals surface area contributed by atoms with Crippen LogP contribution in [-0.2, 0) is 7.05 Å². The number of rotatable bonds is 3. The molecule has 0 spiro atoms. The van der Waals surface area contributed by atoms with Gasteiger partial charge >= 0.3 is 0 Å². The smallest absolute Gasteiger partial charge is 0.231 e. The first-order chi connectivity index (χ1) is 8.76. The number of H-pyrrole nitrogens is 1. The molecule has 0 amide bonds. The highest BCUT2D eigenvalue weighted by atomic mass is 15.3. The molecule has 3 rings (SSSR count). The van der Waals surface area contributed by atoms with E-state index >= 15 is 0 Å². The van der Waals surface area contributed by atoms with Gasteiger partial charge in [-0.1, -0.05) is 0 Å². The van der Waals surface area contributed by atoms with Crippen molar-refractivity contribution in [2.45, 2.75) is 0 Å². The van der Waals surface area contributed by atoms with Crippen LogP contribution in [-0.4, -0.2) is 31.4 Å². The van der Waals surface area contributed by atoms with Crippen molar-refractivity contribution in [2.75, 3.05) is 5.32 Å². The van der Waals surface area contributed by atoms with Crippen LogP contribution in [0.5, 0.6) is 0 Å². The summed E-state index contributed by atoms with van der Waals surface area (Å²) in [6.07, 6.45) is 5.33. The summed E-state index contributed by atoms with van der Waals surface area (Å²) in [5.74, 6) is 1.01. The minimum atomic E-state index is 0.459. The van der Waals surface area contributed by atoms with Gasteiger partial charge in [-0.15, -0.1) is 0 Å². The van der Waals surface area contributed by atoms with Gasteiger partial charge in [0.1, 0.15) is 5.65 Å². The van der Waals surface area contributed by atoms with Crippen molar-refractivity contribution in [2.24, 2.45) is 12.0 Å². The second kappa shape index (κ2) is 3.95. The predicted molar refractivity (Wildman–Crippen MR) is 69.6 cm³/mol. The van der Waals surface area contributed by atoms with E-state index in [-0.39, 0.29) is 0 Å². The monoisotopic (exact) mass is 241 g/mol. The highest BCUT2D eigenvalue weighted by molar-refractivity contribution is 5.87. The number of nitrogens with zero attached hydrogens (tertiary/aromatic N) is 5. The molecule has 0 fully saturated rings. The lowest BCUT2D eigenvalue weighted by Crippen LogP contribution is -1.96. The fourth-order valence-electron chi connectivity index (χ4n) is 1.72. The van der Waals surface area contributed by atoms with E-state index in [2.05, 4.69) is 37.1 Å². The molecular formula is C11H11N7. The molecule has 90 valence electrons. The number of aryl methyl sites for hydroxylation is 1. The van der Waals surface area contributed by atoms with Gasteiger partial charge in [-0.05, 0) is 12.8 Å². The minimum absolute atomic E-state index is 0.459. The number of aromatic nitrogens is 5. The summed E-state index contributed by atoms with van der Waals surface area (Å²) in [4.78, 5) is 15.6. The Morgan fingerprint density at radius 1 is 1.44 bits per heavy atom. The van der Waals surface area contributed by atoms with Crippen molar-refractivity contribution < 1.29 is 0 Å². The number of aromatic amines is 1. The molecule has 0 saturated carbocycles. The van der Waals surface area contributed by atoms with Gasteiger partial charge in [-0.3, -0.25) is 4.68 Å². The van der Waals surface area contributed by atoms with E-state index < -0.39 is 0 Å². The second-order valence-electron chi connectivity index (χ2n) is 3.80. The van der Waals surface area contributed by atoms with Gasteiger partial charge in [0.15, 0.2) is 5.82 Å². The molecule has 0 aliphatic heterocycles. The number of anilines is 2. The summed E-state index contributed by atoms with van der Waals surface area (Å²) in [5.41, 5.74) is 1.54. The lowest BCUT2D eigenvalue weighted by molar-refractivity contribution is 0.768. The van der Waals surface area contributed by atoms with Gasteiger partial charge in [0.2, 0.25) is 5.95 Å². The summed E-state index contributed by atoms with van der Waals surface area (Å²) in [5, 5.41) is 7.98. The quantitative estimate of drug-likeness (QED) is 0.684. The van der Waals surface area contributed by atoms with E-state index in [4.69, 9.17) is 0 Å². The summed E-state index contributed by atoms with van der Waals surface area (Å²) in [6, 6.07) is 1.87. The molecule has 0 bridgehead atoms. The molecule has 0 atom stereocenters. The first kappa shape index (κ1) is 10.5. The number of hydrogen-bond donors (Lipinski definition) is 2. The zero-order valence-electron chi connectivity index (χ0n) is 9.75. The fraction of sp³-hybridized carbons (Fsp3) is 0.0909. The molecule has 0 radical (unpaired) electrons. The standard InChI is InChI=1S/C11H11N7/c1-12-9-8-3-4-13-10(8)17-11(16-9)15-7-5-14-18(2)6-7/h3-6H,1H2,2H3,(H2,13,15,16,17). The summed E-state index contributed by atoms with van der Waals surface area (Å²) >= 11 is 0. The second-order valence-corrected chi connectivity index (χ2v) is 3.80. The fourth-order valence-corrected chi connectivity index (χ4v) is 1.72. The Bertz CT molecular complexity index is 709. The molecule has 7 heteroatoms. The van der Waals surface area contributed by atoms with Gasteiger partial charge in [0.05, 0.1) is 17.3 Å². The Hall–Kier alpha value is -2.70. The van der Waals surface area contributed by atoms with E-state index in [1.54, 1.807) is 17.1 Å². The van der Waals surface area contributed by atoms with Crippen molar-refractivity contribution in [3.8, 4) is 0 Å². The van der Waals surface area contributed by atoms with Gasteiger partial charge < -0.3 is 10.3 Å². The predicted octanol–water partition coefficient (Wildman–Crippen LogP) is 1.77. The van der Waals surface area contributed by atoms with E-state index in [0.29, 0.717) is 11.8 Å². The van der Waals surface area contributed by atoms with Crippen molar-refractivity contribution >= 4 is 35.2 Å². The maximum absolute atomic E-state index is 4.35. The Labute approximate surface area is 103 Å². The molecule has 3 aromatic heterocycles. The molecule has 18 heavy (non-hydrogen) atoms. The third-order valence-corrected chi connectivity index (χ3v) is 2.51. The molecule has 0 unspecified atom stereocenters. The van der Waals surface area contributed by atoms with Crippen LogP contribution in [0, 0.1) is 0 Å². The first-order valence-corrected chi connectivity index (χ1v) is 5.34. The minimum Gasteiger partial charge on any atom is -0.346 e. The topological polar surface area (TPSA) is 83.8 Å². The first-order valence-electron chi connectivity index (χ1n) is 5.34. The lowest BCUT2D eigenvalue weighted by atomic mass is 10.4. The lowest BCUT2D eigenvalue weighted by Gasteiger charge is -2.03. The maximum Gasteiger partial charge on any atom is 0.231 e. The van der Waals surface area contributed by atoms with Crippen molar-refractivity contribution in [3.63, 3.8) is 0 Å². The van der Waals surface area contributed by atoms with Crippen LogP contribution in [0.15, 0.2) is 29.6 Å². The molecule has 0 aliphatic rings. The molecular weight excluding hydrogens is 230 g/mol. The molecule has 7 nitrogen and oxygen atoms in total. The van der Waals surface area contributed by atoms with Gasteiger partial charge in [-0.2, -0.15) is 15.1 Å². The molecule has 0 aromatic carbocycles. The summed E-state index contributed by atoms with van der Waals surface area (Å²) in [6.45, 7) is 3.51. The van der Waals surface area contributed by atoms with Crippen LogP contribution in [0.1, 0.15) is 0 Å². The van der Waals surface area contributed by atoms with E-state index in [1.165, 1.54) is 0 Å². The van der Waals surface area contributed by atoms with Crippen LogP contribution >= 0.6 is 0 Å². The molecule has 3 heterocycles. The largest absolute Gasteiger partial charge is 0.346 e. The Morgan fingerprint density at radius 3 is 3.06 bits per heavy atom. The SMILES string of the molecule is C=Nc1nc(Nc2cnn(C)c2)nc2[nH]ccc12. The Balaban J connectivity index is 2.03. The molecule has 0 saturated heterocycles. The zero-order valence-corrected chi connectivity index (χ0v) is 9.75. The van der Waals surface area contributed by atoms with Crippen molar-refractivity contribution in [3.05, 3.63) is 24.7 Å². The highest BCUT2D eigenvalue weighted by Gasteiger charge is 2.07. The van der Waals surface area contributed by atoms with Crippen LogP contribution in [0.25, 0.3) is 11.0 Å². The number of nitrogens with one attached hydrogen (secondary N) is 2. The van der Waals surface area contributed by atoms with Crippen LogP contribution in [0.2, 0.25) is 0 Å². The number of fused-ring (bicyclic) bond motifs is 1. The summed E-state index contributed by atoms with van der Waals surface area (Å²) < 4.78 is 1.70. The molecule has 0 aliphatic carbocycles. The molecule has 3 aromatic rings. The van der Waals surface area contributed by atoms with Crippen molar-refractivity contribution in [1.29, 1.82) is 0 Å². The Kier molecular flexibility index (Phi) is 2.30. The van der Waals surface area contributed by atoms with Gasteiger partial charge in [-0.25, -0.2) is 4.99 Å². The van der Waals surface area contributed by atoms with Gasteiger partial charge in [0, 0.05) is 19.4 Å². The normalized spacial score (nSPS) is 10.7. The average Bonchev–Trinajstić information content (AvgIpc) is 2.97. The third kappa shape index (κ3) is 1.71. The van der Waals surface area contributed by atoms with Crippen LogP contribution in [0.3, 0.4) is 0 Å². The summed E-state index contributed by atoms with van der Waals surface area (Å²) in [7, 11) is 1.84. The third-order valence-electron chi connectivity index (χ3n) is 2.51. The van der Waals surface area contributed by atoms with E-state index in [0.717, 1.165) is 16.7 Å². The Morgan fingerprint density at radius 2 is 2.33 bits per heavy atom. The van der Waals surface area contributed by atoms with Crippen LogP contribution in [0.4, 0.5) is 17.5 Å². The highest BCUT2D eigenvalue weighted by Crippen LogP contribution is 2.24.